The Labute approximate surface area is 208 Å². The van der Waals surface area contributed by atoms with Crippen molar-refractivity contribution >= 4 is 32.7 Å². The van der Waals surface area contributed by atoms with Crippen molar-refractivity contribution in [3.63, 3.8) is 0 Å². The van der Waals surface area contributed by atoms with Crippen LogP contribution in [0, 0.1) is 0 Å². The molecule has 1 aliphatic carbocycles. The lowest BCUT2D eigenvalue weighted by Crippen LogP contribution is -2.35. The first kappa shape index (κ1) is 25.5. The quantitative estimate of drug-likeness (QED) is 0.507. The Bertz CT molecular complexity index is 1240. The third-order valence-electron chi connectivity index (χ3n) is 5.89. The second-order valence-corrected chi connectivity index (χ2v) is 12.3. The summed E-state index contributed by atoms with van der Waals surface area (Å²) < 4.78 is 34.9. The molecule has 4 atom stereocenters. The number of carbonyl (C=O) groups excluding carboxylic acids is 1. The lowest BCUT2D eigenvalue weighted by atomic mass is 10.0. The van der Waals surface area contributed by atoms with E-state index in [0.717, 1.165) is 12.7 Å². The van der Waals surface area contributed by atoms with Crippen molar-refractivity contribution in [1.82, 2.24) is 5.32 Å². The summed E-state index contributed by atoms with van der Waals surface area (Å²) in [5.74, 6) is 0.575. The maximum atomic E-state index is 13.1. The van der Waals surface area contributed by atoms with E-state index in [1.165, 1.54) is 48.2 Å². The second-order valence-electron chi connectivity index (χ2n) is 9.04. The van der Waals surface area contributed by atoms with Crippen molar-refractivity contribution in [3.8, 4) is 17.2 Å². The number of nitrogens with zero attached hydrogens (tertiary/aromatic N) is 1. The van der Waals surface area contributed by atoms with E-state index in [1.54, 1.807) is 19.9 Å². The van der Waals surface area contributed by atoms with E-state index in [-0.39, 0.29) is 28.4 Å². The average Bonchev–Trinajstić information content (AvgIpc) is 3.32. The fourth-order valence-corrected chi connectivity index (χ4v) is 5.97. The highest BCUT2D eigenvalue weighted by atomic mass is 32.2. The molecule has 4 rings (SSSR count). The summed E-state index contributed by atoms with van der Waals surface area (Å²) in [5.41, 5.74) is -0.631. The van der Waals surface area contributed by atoms with Gasteiger partial charge >= 0.3 is 0 Å². The van der Waals surface area contributed by atoms with Gasteiger partial charge in [0, 0.05) is 23.1 Å². The van der Waals surface area contributed by atoms with Gasteiger partial charge in [0.15, 0.2) is 15.0 Å². The molecule has 3 unspecified atom stereocenters. The van der Waals surface area contributed by atoms with Gasteiger partial charge in [0.1, 0.15) is 23.4 Å². The van der Waals surface area contributed by atoms with Gasteiger partial charge in [0.2, 0.25) is 0 Å². The minimum Gasteiger partial charge on any atom is -0.488 e. The molecule has 1 heterocycles. The van der Waals surface area contributed by atoms with Crippen LogP contribution in [0.5, 0.6) is 17.2 Å². The molecule has 188 valence electrons. The summed E-state index contributed by atoms with van der Waals surface area (Å²) in [4.78, 5) is 17.7. The molecular formula is C24H28N2O7S2. The van der Waals surface area contributed by atoms with Crippen LogP contribution in [0.2, 0.25) is 0 Å². The monoisotopic (exact) mass is 520 g/mol. The fraction of sp³-hybridized carbons (Fsp3) is 0.417. The topological polar surface area (TPSA) is 135 Å². The summed E-state index contributed by atoms with van der Waals surface area (Å²) in [5, 5.41) is 23.3. The van der Waals surface area contributed by atoms with Gasteiger partial charge in [-0.05, 0) is 63.1 Å². The maximum Gasteiger partial charge on any atom is 0.257 e. The number of rotatable bonds is 7. The lowest BCUT2D eigenvalue weighted by molar-refractivity contribution is 0.0537. The number of fused-ring (bicyclic) bond motifs is 1. The number of ether oxygens (including phenoxy) is 2. The lowest BCUT2D eigenvalue weighted by Gasteiger charge is -2.21. The molecule has 2 aromatic carbocycles. The number of hydrogen-bond donors (Lipinski definition) is 3. The predicted molar refractivity (Wildman–Crippen MR) is 133 cm³/mol. The van der Waals surface area contributed by atoms with Crippen LogP contribution in [0.25, 0.3) is 0 Å². The number of aliphatic hydroxyl groups is 2. The number of thioether (sulfide) groups is 1. The Balaban J connectivity index is 1.56. The van der Waals surface area contributed by atoms with Crippen molar-refractivity contribution in [2.45, 2.75) is 54.6 Å². The molecule has 11 heteroatoms. The van der Waals surface area contributed by atoms with E-state index in [2.05, 4.69) is 10.3 Å². The normalized spacial score (nSPS) is 24.4. The van der Waals surface area contributed by atoms with Crippen molar-refractivity contribution in [2.75, 3.05) is 12.9 Å². The van der Waals surface area contributed by atoms with Crippen LogP contribution in [0.3, 0.4) is 0 Å². The highest BCUT2D eigenvalue weighted by molar-refractivity contribution is 8.14. The van der Waals surface area contributed by atoms with Crippen LogP contribution >= 0.6 is 11.8 Å². The Hall–Kier alpha value is -2.60. The van der Waals surface area contributed by atoms with Crippen molar-refractivity contribution < 1.29 is 32.9 Å². The number of benzene rings is 2. The van der Waals surface area contributed by atoms with Gasteiger partial charge in [-0.3, -0.25) is 9.79 Å². The fourth-order valence-electron chi connectivity index (χ4n) is 4.01. The van der Waals surface area contributed by atoms with Crippen molar-refractivity contribution in [1.29, 1.82) is 0 Å². The van der Waals surface area contributed by atoms with Crippen molar-refractivity contribution in [3.05, 3.63) is 48.0 Å². The van der Waals surface area contributed by atoms with Gasteiger partial charge in [-0.15, -0.1) is 0 Å². The summed E-state index contributed by atoms with van der Waals surface area (Å²) in [7, 11) is -3.34. The second kappa shape index (κ2) is 9.81. The van der Waals surface area contributed by atoms with E-state index in [1.807, 2.05) is 0 Å². The zero-order chi connectivity index (χ0) is 25.4. The highest BCUT2D eigenvalue weighted by Crippen LogP contribution is 2.43. The number of nitrogens with one attached hydrogen (secondary N) is 1. The number of amides is 1. The van der Waals surface area contributed by atoms with Gasteiger partial charge < -0.3 is 25.0 Å². The number of amidine groups is 1. The van der Waals surface area contributed by atoms with Gasteiger partial charge in [-0.2, -0.15) is 0 Å². The molecule has 2 aliphatic rings. The van der Waals surface area contributed by atoms with Crippen molar-refractivity contribution in [2.24, 2.45) is 4.99 Å². The maximum absolute atomic E-state index is 13.1. The minimum absolute atomic E-state index is 0.133. The summed E-state index contributed by atoms with van der Waals surface area (Å²) >= 11 is 1.45. The molecule has 1 fully saturated rings. The number of carbonyl (C=O) groups is 1. The molecule has 1 amide bonds. The summed E-state index contributed by atoms with van der Waals surface area (Å²) in [6.45, 7) is 3.24. The third-order valence-corrected chi connectivity index (χ3v) is 8.24. The number of aliphatic hydroxyl groups excluding tert-OH is 1. The van der Waals surface area contributed by atoms with Gasteiger partial charge in [-0.25, -0.2) is 8.42 Å². The Morgan fingerprint density at radius 1 is 1.23 bits per heavy atom. The minimum atomic E-state index is -3.34. The van der Waals surface area contributed by atoms with Crippen LogP contribution in [-0.4, -0.2) is 65.6 Å². The van der Waals surface area contributed by atoms with E-state index in [4.69, 9.17) is 9.47 Å². The Morgan fingerprint density at radius 2 is 1.91 bits per heavy atom. The highest BCUT2D eigenvalue weighted by Gasteiger charge is 2.48. The molecule has 0 aromatic heterocycles. The van der Waals surface area contributed by atoms with Crippen LogP contribution in [-0.2, 0) is 9.84 Å². The molecule has 1 saturated carbocycles. The standard InChI is InChI=1S/C24H28N2O7S2/c1-14(13-27)32-17-10-15(22(28)26-23-25-21-20(34-23)8-9-24(21,2)29)11-18(12-17)33-16-4-6-19(7-5-16)35(3,30)31/h4-7,10-12,14,20-21,27,29H,8-9,13H2,1-3H3,(H,25,26,28)/t14-,20?,21?,24?/m0/s1. The zero-order valence-corrected chi connectivity index (χ0v) is 21.2. The number of hydrogen-bond acceptors (Lipinski definition) is 9. The first-order valence-electron chi connectivity index (χ1n) is 11.1. The van der Waals surface area contributed by atoms with Crippen LogP contribution in [0.4, 0.5) is 0 Å². The first-order chi connectivity index (χ1) is 16.4. The molecule has 2 aromatic rings. The smallest absolute Gasteiger partial charge is 0.257 e. The molecule has 3 N–H and O–H groups in total. The Morgan fingerprint density at radius 3 is 2.54 bits per heavy atom. The van der Waals surface area contributed by atoms with Crippen LogP contribution in [0.15, 0.2) is 52.4 Å². The zero-order valence-electron chi connectivity index (χ0n) is 19.6. The van der Waals surface area contributed by atoms with E-state index >= 15 is 0 Å². The predicted octanol–water partition coefficient (Wildman–Crippen LogP) is 2.76. The Kier molecular flexibility index (Phi) is 7.14. The van der Waals surface area contributed by atoms with E-state index in [0.29, 0.717) is 28.8 Å². The molecular weight excluding hydrogens is 492 g/mol. The molecule has 0 spiro atoms. The van der Waals surface area contributed by atoms with Crippen LogP contribution in [0.1, 0.15) is 37.0 Å². The summed E-state index contributed by atoms with van der Waals surface area (Å²) in [6.07, 6.45) is 2.11. The molecule has 9 nitrogen and oxygen atoms in total. The average molecular weight is 521 g/mol. The molecule has 0 saturated heterocycles. The summed E-state index contributed by atoms with van der Waals surface area (Å²) in [6, 6.07) is 10.3. The van der Waals surface area contributed by atoms with E-state index < -0.39 is 27.4 Å². The molecule has 0 bridgehead atoms. The molecule has 35 heavy (non-hydrogen) atoms. The number of aliphatic imine (C=N–C) groups is 1. The largest absolute Gasteiger partial charge is 0.488 e. The number of sulfone groups is 1. The third kappa shape index (κ3) is 5.97. The first-order valence-corrected chi connectivity index (χ1v) is 13.9. The van der Waals surface area contributed by atoms with E-state index in [9.17, 15) is 23.4 Å². The van der Waals surface area contributed by atoms with Gasteiger partial charge in [0.25, 0.3) is 5.91 Å². The SMILES string of the molecule is C[C@@H](CO)Oc1cc(Oc2ccc(S(C)(=O)=O)cc2)cc(C(=O)NC2=NC3C(CCC3(C)O)S2)c1. The molecule has 1 aliphatic heterocycles. The van der Waals surface area contributed by atoms with Gasteiger partial charge in [-0.1, -0.05) is 11.8 Å². The molecule has 0 radical (unpaired) electrons. The van der Waals surface area contributed by atoms with Gasteiger partial charge in [0.05, 0.1) is 23.1 Å². The van der Waals surface area contributed by atoms with Crippen LogP contribution < -0.4 is 14.8 Å².